The molecule has 0 bridgehead atoms. The molecular weight excluding hydrogens is 408 g/mol. The number of aliphatic hydroxyl groups is 1. The number of aliphatic hydroxyl groups excluding tert-OH is 1. The minimum Gasteiger partial charge on any atom is -0.470 e. The summed E-state index contributed by atoms with van der Waals surface area (Å²) in [6.45, 7) is 4.25. The van der Waals surface area contributed by atoms with Crippen LogP contribution in [-0.4, -0.2) is 61.3 Å². The number of anilines is 1. The predicted octanol–water partition coefficient (Wildman–Crippen LogP) is 1.67. The zero-order chi connectivity index (χ0) is 22.9. The Hall–Kier alpha value is -2.94. The highest BCUT2D eigenvalue weighted by Crippen LogP contribution is 2.30. The van der Waals surface area contributed by atoms with Crippen LogP contribution in [0, 0.1) is 0 Å². The molecule has 3 atom stereocenters. The molecule has 2 aliphatic rings. The van der Waals surface area contributed by atoms with Crippen LogP contribution in [0.25, 0.3) is 0 Å². The van der Waals surface area contributed by atoms with Gasteiger partial charge in [0, 0.05) is 50.3 Å². The maximum Gasteiger partial charge on any atom is 0.221 e. The zero-order valence-corrected chi connectivity index (χ0v) is 18.6. The van der Waals surface area contributed by atoms with Gasteiger partial charge in [0.15, 0.2) is 6.23 Å². The number of benzene rings is 2. The van der Waals surface area contributed by atoms with E-state index >= 15 is 0 Å². The average molecular weight is 441 g/mol. The smallest absolute Gasteiger partial charge is 0.221 e. The van der Waals surface area contributed by atoms with Crippen LogP contribution in [0.1, 0.15) is 30.5 Å². The third-order valence-electron chi connectivity index (χ3n) is 5.55. The molecule has 2 aliphatic heterocycles. The quantitative estimate of drug-likeness (QED) is 0.489. The van der Waals surface area contributed by atoms with Gasteiger partial charge in [0.1, 0.15) is 5.75 Å². The van der Waals surface area contributed by atoms with Gasteiger partial charge < -0.3 is 25.8 Å². The number of carbonyl (C=O) groups excluding carboxylic acids is 2. The minimum atomic E-state index is -0.305. The molecule has 0 aliphatic carbocycles. The normalized spacial score (nSPS) is 20.3. The Morgan fingerprint density at radius 1 is 1.28 bits per heavy atom. The molecule has 8 nitrogen and oxygen atoms in total. The lowest BCUT2D eigenvalue weighted by Crippen LogP contribution is -2.32. The Kier molecular flexibility index (Phi) is 8.61. The van der Waals surface area contributed by atoms with Crippen LogP contribution in [0.2, 0.25) is 0 Å². The van der Waals surface area contributed by atoms with Gasteiger partial charge >= 0.3 is 0 Å². The summed E-state index contributed by atoms with van der Waals surface area (Å²) in [7, 11) is 1.99. The second-order valence-electron chi connectivity index (χ2n) is 8.05. The Morgan fingerprint density at radius 3 is 2.69 bits per heavy atom. The number of nitrogens with zero attached hydrogens (tertiary/aromatic N) is 1. The van der Waals surface area contributed by atoms with E-state index in [1.54, 1.807) is 12.1 Å². The molecule has 32 heavy (non-hydrogen) atoms. The first-order valence-electron chi connectivity index (χ1n) is 10.9. The molecule has 2 aromatic rings. The molecule has 4 N–H and O–H groups in total. The fraction of sp³-hybridized carbons (Fsp3) is 0.417. The lowest BCUT2D eigenvalue weighted by atomic mass is 10.1. The number of fused-ring (bicyclic) bond motifs is 1. The average Bonchev–Trinajstić information content (AvgIpc) is 3.37. The van der Waals surface area contributed by atoms with E-state index in [-0.39, 0.29) is 18.2 Å². The first-order chi connectivity index (χ1) is 15.5. The van der Waals surface area contributed by atoms with Crippen molar-refractivity contribution in [2.24, 2.45) is 0 Å². The number of hydrogen-bond donors (Lipinski definition) is 4. The van der Waals surface area contributed by atoms with Gasteiger partial charge in [-0.3, -0.25) is 14.5 Å². The third-order valence-corrected chi connectivity index (χ3v) is 5.55. The number of amides is 2. The number of hydrogen-bond acceptors (Lipinski definition) is 6. The highest BCUT2D eigenvalue weighted by atomic mass is 16.5. The van der Waals surface area contributed by atoms with Crippen molar-refractivity contribution in [3.8, 4) is 5.75 Å². The summed E-state index contributed by atoms with van der Waals surface area (Å²) in [6.07, 6.45) is 1.70. The fourth-order valence-corrected chi connectivity index (χ4v) is 3.98. The van der Waals surface area contributed by atoms with Crippen LogP contribution >= 0.6 is 0 Å². The molecule has 4 rings (SSSR count). The molecule has 172 valence electrons. The van der Waals surface area contributed by atoms with Crippen LogP contribution < -0.4 is 20.7 Å². The molecule has 0 spiro atoms. The van der Waals surface area contributed by atoms with Gasteiger partial charge in [0.05, 0.1) is 6.10 Å². The van der Waals surface area contributed by atoms with Crippen LogP contribution in [-0.2, 0) is 16.0 Å². The van der Waals surface area contributed by atoms with Crippen LogP contribution in [0.15, 0.2) is 48.5 Å². The zero-order valence-electron chi connectivity index (χ0n) is 18.6. The number of nitrogens with one attached hydrogen (secondary N) is 3. The third kappa shape index (κ3) is 6.78. The number of likely N-dealkylation sites (N-methyl/N-ethyl adjacent to an activating group) is 1. The van der Waals surface area contributed by atoms with Crippen molar-refractivity contribution in [2.75, 3.05) is 32.0 Å². The summed E-state index contributed by atoms with van der Waals surface area (Å²) < 4.78 is 5.45. The Morgan fingerprint density at radius 2 is 2.06 bits per heavy atom. The van der Waals surface area contributed by atoms with E-state index < -0.39 is 0 Å². The van der Waals surface area contributed by atoms with E-state index in [2.05, 4.69) is 45.1 Å². The van der Waals surface area contributed by atoms with Crippen molar-refractivity contribution in [1.82, 2.24) is 15.5 Å². The topological polar surface area (TPSA) is 103 Å². The SMILES string of the molecule is CC(=O)Nc1ccc2c(c1)CC(NC=O)O2.CNC(CN1CC[C@H](O)C1)c1ccccc1. The highest BCUT2D eigenvalue weighted by Gasteiger charge is 2.23. The number of likely N-dealkylation sites (tertiary alicyclic amines) is 1. The van der Waals surface area contributed by atoms with Crippen molar-refractivity contribution in [3.63, 3.8) is 0 Å². The summed E-state index contributed by atoms with van der Waals surface area (Å²) in [5.74, 6) is 0.634. The second-order valence-corrected chi connectivity index (χ2v) is 8.05. The second kappa shape index (κ2) is 11.6. The van der Waals surface area contributed by atoms with Crippen molar-refractivity contribution in [2.45, 2.75) is 38.1 Å². The van der Waals surface area contributed by atoms with Crippen molar-refractivity contribution in [1.29, 1.82) is 0 Å². The molecule has 2 heterocycles. The van der Waals surface area contributed by atoms with Crippen molar-refractivity contribution in [3.05, 3.63) is 59.7 Å². The summed E-state index contributed by atoms with van der Waals surface area (Å²) in [4.78, 5) is 23.5. The lowest BCUT2D eigenvalue weighted by molar-refractivity contribution is -0.114. The Labute approximate surface area is 189 Å². The van der Waals surface area contributed by atoms with Gasteiger partial charge in [-0.1, -0.05) is 30.3 Å². The molecule has 0 radical (unpaired) electrons. The van der Waals surface area contributed by atoms with Gasteiger partial charge in [-0.05, 0) is 37.2 Å². The molecule has 2 aromatic carbocycles. The molecule has 0 aromatic heterocycles. The standard InChI is InChI=1S/C13H20N2O.C11H12N2O3/c1-14-13(11-5-3-2-4-6-11)10-15-8-7-12(16)9-15;1-7(15)13-9-2-3-10-8(4-9)5-11(16-10)12-6-14/h2-6,12-14,16H,7-10H2,1H3;2-4,6,11H,5H2,1H3,(H,12,14)(H,13,15)/t12-,13?;/m0./s1. The number of ether oxygens (including phenoxy) is 1. The van der Waals surface area contributed by atoms with Crippen molar-refractivity contribution < 1.29 is 19.4 Å². The molecule has 1 fully saturated rings. The summed E-state index contributed by atoms with van der Waals surface area (Å²) >= 11 is 0. The first kappa shape index (κ1) is 23.7. The van der Waals surface area contributed by atoms with E-state index in [0.29, 0.717) is 18.9 Å². The summed E-state index contributed by atoms with van der Waals surface area (Å²) in [5, 5.41) is 18.1. The van der Waals surface area contributed by atoms with Gasteiger partial charge in [0.2, 0.25) is 12.3 Å². The number of carbonyl (C=O) groups is 2. The molecule has 2 amide bonds. The molecule has 1 saturated heterocycles. The summed E-state index contributed by atoms with van der Waals surface area (Å²) in [6, 6.07) is 16.2. The largest absolute Gasteiger partial charge is 0.470 e. The van der Waals surface area contributed by atoms with Crippen LogP contribution in [0.4, 0.5) is 5.69 Å². The number of rotatable bonds is 7. The fourth-order valence-electron chi connectivity index (χ4n) is 3.98. The first-order valence-corrected chi connectivity index (χ1v) is 10.9. The highest BCUT2D eigenvalue weighted by molar-refractivity contribution is 5.88. The maximum atomic E-state index is 10.9. The Balaban J connectivity index is 0.000000181. The van der Waals surface area contributed by atoms with E-state index in [4.69, 9.17) is 4.74 Å². The maximum absolute atomic E-state index is 10.9. The van der Waals surface area contributed by atoms with Gasteiger partial charge in [-0.15, -0.1) is 0 Å². The molecule has 8 heteroatoms. The van der Waals surface area contributed by atoms with Crippen molar-refractivity contribution >= 4 is 18.0 Å². The van der Waals surface area contributed by atoms with Gasteiger partial charge in [-0.2, -0.15) is 0 Å². The van der Waals surface area contributed by atoms with Crippen LogP contribution in [0.5, 0.6) is 5.75 Å². The van der Waals surface area contributed by atoms with Gasteiger partial charge in [0.25, 0.3) is 0 Å². The molecule has 0 saturated carbocycles. The van der Waals surface area contributed by atoms with E-state index in [0.717, 1.165) is 43.1 Å². The summed E-state index contributed by atoms with van der Waals surface area (Å²) in [5.41, 5.74) is 3.03. The lowest BCUT2D eigenvalue weighted by Gasteiger charge is -2.23. The molecular formula is C24H32N4O4. The van der Waals surface area contributed by atoms with E-state index in [1.165, 1.54) is 12.5 Å². The monoisotopic (exact) mass is 440 g/mol. The van der Waals surface area contributed by atoms with Crippen LogP contribution in [0.3, 0.4) is 0 Å². The van der Waals surface area contributed by atoms with E-state index in [9.17, 15) is 14.7 Å². The van der Waals surface area contributed by atoms with E-state index in [1.807, 2.05) is 19.2 Å². The number of β-amino-alcohol motifs (C(OH)–C–C–N with tert-alkyl or cyclic N) is 1. The predicted molar refractivity (Wildman–Crippen MR) is 123 cm³/mol. The minimum absolute atomic E-state index is 0.110. The Bertz CT molecular complexity index is 893. The molecule has 2 unspecified atom stereocenters. The van der Waals surface area contributed by atoms with Gasteiger partial charge in [-0.25, -0.2) is 0 Å².